The van der Waals surface area contributed by atoms with E-state index in [0.717, 1.165) is 42.7 Å². The number of fused-ring (bicyclic) bond motifs is 3. The first-order valence-corrected chi connectivity index (χ1v) is 12.7. The van der Waals surface area contributed by atoms with E-state index in [0.29, 0.717) is 29.2 Å². The van der Waals surface area contributed by atoms with Crippen molar-refractivity contribution in [2.24, 2.45) is 5.92 Å². The molecule has 0 spiro atoms. The molecule has 186 valence electrons. The zero-order chi connectivity index (χ0) is 25.0. The Morgan fingerprint density at radius 3 is 2.25 bits per heavy atom. The molecule has 3 aromatic rings. The molecule has 0 aromatic heterocycles. The minimum atomic E-state index is -0.669. The number of benzene rings is 3. The highest BCUT2D eigenvalue weighted by Gasteiger charge is 2.49. The van der Waals surface area contributed by atoms with Crippen molar-refractivity contribution in [2.45, 2.75) is 25.0 Å². The number of nitrogens with one attached hydrogen (secondary N) is 1. The molecule has 6 rings (SSSR count). The van der Waals surface area contributed by atoms with Crippen LogP contribution in [-0.4, -0.2) is 55.6 Å². The molecular weight excluding hydrogens is 452 g/mol. The van der Waals surface area contributed by atoms with Gasteiger partial charge in [0.05, 0.1) is 25.9 Å². The summed E-state index contributed by atoms with van der Waals surface area (Å²) < 4.78 is 12.4. The van der Waals surface area contributed by atoms with Crippen molar-refractivity contribution >= 4 is 17.4 Å². The van der Waals surface area contributed by atoms with E-state index in [-0.39, 0.29) is 17.9 Å². The van der Waals surface area contributed by atoms with Gasteiger partial charge in [-0.2, -0.15) is 0 Å². The van der Waals surface area contributed by atoms with Crippen LogP contribution in [0, 0.1) is 5.92 Å². The van der Waals surface area contributed by atoms with Gasteiger partial charge < -0.3 is 19.3 Å². The van der Waals surface area contributed by atoms with E-state index in [4.69, 9.17) is 9.47 Å². The summed E-state index contributed by atoms with van der Waals surface area (Å²) in [5.74, 6) is 0.848. The smallest absolute Gasteiger partial charge is 0.333 e. The lowest BCUT2D eigenvalue weighted by atomic mass is 9.82. The van der Waals surface area contributed by atoms with Gasteiger partial charge in [-0.3, -0.25) is 4.79 Å². The number of esters is 1. The molecule has 36 heavy (non-hydrogen) atoms. The van der Waals surface area contributed by atoms with E-state index in [1.54, 1.807) is 7.11 Å². The zero-order valence-electron chi connectivity index (χ0n) is 20.6. The molecule has 2 bridgehead atoms. The first-order chi connectivity index (χ1) is 17.6. The van der Waals surface area contributed by atoms with Crippen LogP contribution in [0.5, 0.6) is 5.75 Å². The molecule has 0 radical (unpaired) electrons. The number of para-hydroxylation sites is 2. The third-order valence-corrected chi connectivity index (χ3v) is 7.66. The minimum absolute atomic E-state index is 0.154. The molecule has 3 fully saturated rings. The summed E-state index contributed by atoms with van der Waals surface area (Å²) in [5, 5.41) is 3.35. The standard InChI is InChI=1S/C30H33N2O4/c1-35-27-15-9-8-14-25(27)31-29(24-12-6-3-7-13-24)30(34)36-28-21-32(18-16-23(28)17-19-32)20-26(33)22-10-4-2-5-11-22/h2-15,23,28-29,31H,16-21H2,1H3/q+1/t23?,28-,29?,32?/m0/s1. The predicted octanol–water partition coefficient (Wildman–Crippen LogP) is 4.88. The number of nitrogens with zero attached hydrogens (tertiary/aromatic N) is 1. The Bertz CT molecular complexity index is 1190. The van der Waals surface area contributed by atoms with Gasteiger partial charge in [0.25, 0.3) is 0 Å². The van der Waals surface area contributed by atoms with Crippen LogP contribution in [-0.2, 0) is 9.53 Å². The summed E-state index contributed by atoms with van der Waals surface area (Å²) in [6.07, 6.45) is 1.74. The summed E-state index contributed by atoms with van der Waals surface area (Å²) in [7, 11) is 1.61. The van der Waals surface area contributed by atoms with E-state index in [1.807, 2.05) is 84.9 Å². The average molecular weight is 486 g/mol. The molecule has 3 aromatic carbocycles. The molecule has 3 saturated heterocycles. The Labute approximate surface area is 212 Å². The third-order valence-electron chi connectivity index (χ3n) is 7.66. The second-order valence-electron chi connectivity index (χ2n) is 9.92. The highest BCUT2D eigenvalue weighted by molar-refractivity contribution is 5.97. The van der Waals surface area contributed by atoms with Crippen molar-refractivity contribution < 1.29 is 23.5 Å². The Hall–Kier alpha value is -3.64. The highest BCUT2D eigenvalue weighted by atomic mass is 16.5. The van der Waals surface area contributed by atoms with Crippen LogP contribution in [0.1, 0.15) is 34.8 Å². The van der Waals surface area contributed by atoms with Gasteiger partial charge in [-0.15, -0.1) is 0 Å². The molecule has 0 amide bonds. The van der Waals surface area contributed by atoms with E-state index in [9.17, 15) is 9.59 Å². The molecule has 6 nitrogen and oxygen atoms in total. The predicted molar refractivity (Wildman–Crippen MR) is 139 cm³/mol. The number of methoxy groups -OCH3 is 1. The van der Waals surface area contributed by atoms with Crippen molar-refractivity contribution in [3.05, 3.63) is 96.1 Å². The number of piperidine rings is 3. The molecule has 3 aliphatic rings. The topological polar surface area (TPSA) is 64.6 Å². The number of quaternary nitrogens is 1. The second-order valence-corrected chi connectivity index (χ2v) is 9.92. The fourth-order valence-corrected chi connectivity index (χ4v) is 5.66. The number of hydrogen-bond donors (Lipinski definition) is 1. The molecule has 3 heterocycles. The molecule has 1 N–H and O–H groups in total. The zero-order valence-corrected chi connectivity index (χ0v) is 20.6. The molecular formula is C30H33N2O4+. The quantitative estimate of drug-likeness (QED) is 0.266. The minimum Gasteiger partial charge on any atom is -0.495 e. The Balaban J connectivity index is 1.33. The fraction of sp³-hybridized carbons (Fsp3) is 0.333. The van der Waals surface area contributed by atoms with Crippen LogP contribution in [0.15, 0.2) is 84.9 Å². The Kier molecular flexibility index (Phi) is 7.05. The lowest BCUT2D eigenvalue weighted by molar-refractivity contribution is -0.938. The molecule has 0 saturated carbocycles. The van der Waals surface area contributed by atoms with Gasteiger partial charge in [-0.05, 0) is 17.7 Å². The van der Waals surface area contributed by atoms with E-state index in [1.165, 1.54) is 0 Å². The van der Waals surface area contributed by atoms with E-state index >= 15 is 0 Å². The molecule has 3 aliphatic heterocycles. The molecule has 0 aliphatic carbocycles. The molecule has 2 atom stereocenters. The summed E-state index contributed by atoms with van der Waals surface area (Å²) in [4.78, 5) is 26.7. The highest BCUT2D eigenvalue weighted by Crippen LogP contribution is 2.37. The van der Waals surface area contributed by atoms with Crippen molar-refractivity contribution in [3.8, 4) is 5.75 Å². The van der Waals surface area contributed by atoms with Gasteiger partial charge in [0.1, 0.15) is 18.8 Å². The normalized spacial score (nSPS) is 23.5. The van der Waals surface area contributed by atoms with Crippen LogP contribution < -0.4 is 10.1 Å². The lowest BCUT2D eigenvalue weighted by Crippen LogP contribution is -2.65. The number of hydrogen-bond acceptors (Lipinski definition) is 5. The van der Waals surface area contributed by atoms with Crippen LogP contribution in [0.4, 0.5) is 5.69 Å². The van der Waals surface area contributed by atoms with Gasteiger partial charge >= 0.3 is 5.97 Å². The SMILES string of the molecule is COc1ccccc1NC(C(=O)O[C@H]1C[N+]2(CC(=O)c3ccccc3)CCC1CC2)c1ccccc1. The Morgan fingerprint density at radius 1 is 0.917 bits per heavy atom. The lowest BCUT2D eigenvalue weighted by Gasteiger charge is -2.51. The summed E-state index contributed by atoms with van der Waals surface area (Å²) in [6.45, 7) is 3.05. The van der Waals surface area contributed by atoms with Crippen molar-refractivity contribution in [2.75, 3.05) is 38.6 Å². The second kappa shape index (κ2) is 10.5. The van der Waals surface area contributed by atoms with Crippen LogP contribution in [0.25, 0.3) is 0 Å². The van der Waals surface area contributed by atoms with Crippen molar-refractivity contribution in [1.82, 2.24) is 0 Å². The maximum Gasteiger partial charge on any atom is 0.333 e. The average Bonchev–Trinajstić information content (AvgIpc) is 2.93. The van der Waals surface area contributed by atoms with Gasteiger partial charge in [-0.1, -0.05) is 72.8 Å². The largest absolute Gasteiger partial charge is 0.495 e. The summed E-state index contributed by atoms with van der Waals surface area (Å²) >= 11 is 0. The van der Waals surface area contributed by atoms with Crippen LogP contribution in [0.2, 0.25) is 0 Å². The summed E-state index contributed by atoms with van der Waals surface area (Å²) in [5.41, 5.74) is 2.31. The van der Waals surface area contributed by atoms with E-state index in [2.05, 4.69) is 5.32 Å². The number of ketones is 1. The van der Waals surface area contributed by atoms with Gasteiger partial charge in [0.15, 0.2) is 12.1 Å². The Morgan fingerprint density at radius 2 is 1.56 bits per heavy atom. The number of ether oxygens (including phenoxy) is 2. The molecule has 1 unspecified atom stereocenters. The monoisotopic (exact) mass is 485 g/mol. The maximum atomic E-state index is 13.6. The third kappa shape index (κ3) is 5.14. The number of Topliss-reactive ketones (excluding diaryl/α,β-unsaturated/α-hetero) is 1. The van der Waals surface area contributed by atoms with E-state index < -0.39 is 6.04 Å². The number of rotatable bonds is 9. The van der Waals surface area contributed by atoms with Gasteiger partial charge in [0.2, 0.25) is 5.78 Å². The van der Waals surface area contributed by atoms with Gasteiger partial charge in [-0.25, -0.2) is 4.79 Å². The number of carbonyl (C=O) groups excluding carboxylic acids is 2. The first-order valence-electron chi connectivity index (χ1n) is 12.7. The van der Waals surface area contributed by atoms with Gasteiger partial charge in [0, 0.05) is 24.3 Å². The first kappa shape index (κ1) is 24.1. The molecule has 6 heteroatoms. The number of carbonyl (C=O) groups is 2. The van der Waals surface area contributed by atoms with Crippen LogP contribution in [0.3, 0.4) is 0 Å². The maximum absolute atomic E-state index is 13.6. The van der Waals surface area contributed by atoms with Crippen molar-refractivity contribution in [1.29, 1.82) is 0 Å². The van der Waals surface area contributed by atoms with Crippen molar-refractivity contribution in [3.63, 3.8) is 0 Å². The number of anilines is 1. The van der Waals surface area contributed by atoms with Crippen LogP contribution >= 0.6 is 0 Å². The fourth-order valence-electron chi connectivity index (χ4n) is 5.66. The summed E-state index contributed by atoms with van der Waals surface area (Å²) in [6, 6.07) is 26.0.